The smallest absolute Gasteiger partial charge is 0.325 e. The van der Waals surface area contributed by atoms with E-state index in [1.54, 1.807) is 6.20 Å². The number of aromatic nitrogens is 1. The number of benzene rings is 1. The van der Waals surface area contributed by atoms with Gasteiger partial charge in [0.05, 0.1) is 11.4 Å². The summed E-state index contributed by atoms with van der Waals surface area (Å²) in [6, 6.07) is 5.88. The van der Waals surface area contributed by atoms with Gasteiger partial charge in [-0.05, 0) is 43.9 Å². The van der Waals surface area contributed by atoms with E-state index in [0.717, 1.165) is 24.5 Å². The summed E-state index contributed by atoms with van der Waals surface area (Å²) in [7, 11) is 0. The zero-order valence-corrected chi connectivity index (χ0v) is 13.4. The number of hydrogen-bond donors (Lipinski definition) is 2. The molecule has 0 unspecified atom stereocenters. The van der Waals surface area contributed by atoms with Crippen molar-refractivity contribution in [3.8, 4) is 0 Å². The van der Waals surface area contributed by atoms with Gasteiger partial charge < -0.3 is 10.2 Å². The van der Waals surface area contributed by atoms with Crippen LogP contribution in [0.5, 0.6) is 0 Å². The van der Waals surface area contributed by atoms with Crippen molar-refractivity contribution < 1.29 is 4.79 Å². The van der Waals surface area contributed by atoms with Crippen LogP contribution in [0.2, 0.25) is 0 Å². The van der Waals surface area contributed by atoms with E-state index < -0.39 is 0 Å². The van der Waals surface area contributed by atoms with Crippen LogP contribution >= 0.6 is 11.3 Å². The third-order valence-electron chi connectivity index (χ3n) is 3.75. The van der Waals surface area contributed by atoms with E-state index in [-0.39, 0.29) is 6.03 Å². The third kappa shape index (κ3) is 3.57. The van der Waals surface area contributed by atoms with Crippen molar-refractivity contribution in [3.05, 3.63) is 35.3 Å². The van der Waals surface area contributed by atoms with Crippen LogP contribution in [-0.2, 0) is 0 Å². The molecule has 0 spiro atoms. The van der Waals surface area contributed by atoms with Crippen LogP contribution < -0.4 is 15.5 Å². The molecular weight excluding hydrogens is 296 g/mol. The van der Waals surface area contributed by atoms with Gasteiger partial charge in [0, 0.05) is 24.7 Å². The first-order valence-electron chi connectivity index (χ1n) is 7.55. The number of nitrogens with zero attached hydrogens (tertiary/aromatic N) is 2. The van der Waals surface area contributed by atoms with Crippen LogP contribution in [0.3, 0.4) is 0 Å². The van der Waals surface area contributed by atoms with Crippen molar-refractivity contribution in [2.24, 2.45) is 0 Å². The number of nitrogens with one attached hydrogen (secondary N) is 2. The molecule has 0 aliphatic carbocycles. The van der Waals surface area contributed by atoms with Crippen molar-refractivity contribution in [3.63, 3.8) is 0 Å². The highest BCUT2D eigenvalue weighted by atomic mass is 32.1. The Morgan fingerprint density at radius 3 is 2.77 bits per heavy atom. The average molecular weight is 316 g/mol. The largest absolute Gasteiger partial charge is 0.370 e. The molecule has 2 amide bonds. The average Bonchev–Trinajstić information content (AvgIpc) is 3.03. The van der Waals surface area contributed by atoms with Crippen LogP contribution in [-0.4, -0.2) is 24.1 Å². The molecular formula is C16H20N4OS. The first-order chi connectivity index (χ1) is 10.7. The lowest BCUT2D eigenvalue weighted by molar-refractivity contribution is 0.262. The molecule has 1 aliphatic rings. The molecule has 2 aromatic rings. The summed E-state index contributed by atoms with van der Waals surface area (Å²) in [5.74, 6) is 0. The van der Waals surface area contributed by atoms with Crippen LogP contribution in [0.4, 0.5) is 21.3 Å². The minimum Gasteiger partial charge on any atom is -0.370 e. The lowest BCUT2D eigenvalue weighted by Crippen LogP contribution is -2.31. The molecule has 0 saturated carbocycles. The van der Waals surface area contributed by atoms with Gasteiger partial charge in [-0.2, -0.15) is 0 Å². The van der Waals surface area contributed by atoms with Crippen molar-refractivity contribution in [2.45, 2.75) is 26.2 Å². The molecule has 1 fully saturated rings. The summed E-state index contributed by atoms with van der Waals surface area (Å²) in [6.45, 7) is 4.17. The number of carbonyl (C=O) groups excluding carboxylic acids is 1. The fourth-order valence-corrected chi connectivity index (χ4v) is 3.20. The van der Waals surface area contributed by atoms with Gasteiger partial charge in [0.2, 0.25) is 0 Å². The molecule has 2 heterocycles. The van der Waals surface area contributed by atoms with E-state index >= 15 is 0 Å². The van der Waals surface area contributed by atoms with Crippen molar-refractivity contribution >= 4 is 33.9 Å². The first kappa shape index (κ1) is 14.8. The van der Waals surface area contributed by atoms with Gasteiger partial charge in [0.15, 0.2) is 5.13 Å². The summed E-state index contributed by atoms with van der Waals surface area (Å²) in [5, 5.41) is 8.14. The number of urea groups is 1. The lowest BCUT2D eigenvalue weighted by atomic mass is 10.1. The summed E-state index contributed by atoms with van der Waals surface area (Å²) in [4.78, 5) is 18.5. The van der Waals surface area contributed by atoms with E-state index in [1.165, 1.54) is 36.2 Å². The van der Waals surface area contributed by atoms with E-state index in [4.69, 9.17) is 0 Å². The molecule has 1 aliphatic heterocycles. The maximum absolute atomic E-state index is 12.1. The molecule has 0 atom stereocenters. The predicted octanol–water partition coefficient (Wildman–Crippen LogP) is 4.09. The van der Waals surface area contributed by atoms with Gasteiger partial charge in [-0.25, -0.2) is 9.78 Å². The zero-order chi connectivity index (χ0) is 15.4. The Hall–Kier alpha value is -2.08. The Labute approximate surface area is 134 Å². The number of rotatable bonds is 3. The molecule has 2 N–H and O–H groups in total. The normalized spacial score (nSPS) is 14.7. The second kappa shape index (κ2) is 6.79. The SMILES string of the molecule is Cc1ccc(NC(=O)Nc2nccs2)c(N2CCCCC2)c1. The van der Waals surface area contributed by atoms with Gasteiger partial charge >= 0.3 is 6.03 Å². The zero-order valence-electron chi connectivity index (χ0n) is 12.6. The van der Waals surface area contributed by atoms with Gasteiger partial charge in [0.1, 0.15) is 0 Å². The van der Waals surface area contributed by atoms with Crippen molar-refractivity contribution in [1.29, 1.82) is 0 Å². The highest BCUT2D eigenvalue weighted by molar-refractivity contribution is 7.13. The Morgan fingerprint density at radius 2 is 2.05 bits per heavy atom. The maximum Gasteiger partial charge on any atom is 0.325 e. The molecule has 3 rings (SSSR count). The minimum absolute atomic E-state index is 0.253. The Morgan fingerprint density at radius 1 is 1.23 bits per heavy atom. The van der Waals surface area contributed by atoms with E-state index in [2.05, 4.69) is 33.5 Å². The summed E-state index contributed by atoms with van der Waals surface area (Å²) < 4.78 is 0. The highest BCUT2D eigenvalue weighted by Crippen LogP contribution is 2.29. The standard InChI is InChI=1S/C16H20N4OS/c1-12-5-6-13(14(11-12)20-8-3-2-4-9-20)18-15(21)19-16-17-7-10-22-16/h5-7,10-11H,2-4,8-9H2,1H3,(H2,17,18,19,21). The Bertz CT molecular complexity index is 636. The van der Waals surface area contributed by atoms with E-state index in [0.29, 0.717) is 5.13 Å². The van der Waals surface area contributed by atoms with E-state index in [1.807, 2.05) is 17.5 Å². The quantitative estimate of drug-likeness (QED) is 0.897. The van der Waals surface area contributed by atoms with Gasteiger partial charge in [-0.1, -0.05) is 6.07 Å². The summed E-state index contributed by atoms with van der Waals surface area (Å²) in [5.41, 5.74) is 3.15. The highest BCUT2D eigenvalue weighted by Gasteiger charge is 2.16. The molecule has 0 bridgehead atoms. The second-order valence-electron chi connectivity index (χ2n) is 5.48. The molecule has 116 valence electrons. The summed E-state index contributed by atoms with van der Waals surface area (Å²) in [6.07, 6.45) is 5.37. The van der Waals surface area contributed by atoms with Crippen molar-refractivity contribution in [2.75, 3.05) is 28.6 Å². The van der Waals surface area contributed by atoms with Gasteiger partial charge in [-0.3, -0.25) is 5.32 Å². The molecule has 1 saturated heterocycles. The van der Waals surface area contributed by atoms with Gasteiger partial charge in [0.25, 0.3) is 0 Å². The fraction of sp³-hybridized carbons (Fsp3) is 0.375. The Balaban J connectivity index is 1.76. The van der Waals surface area contributed by atoms with Crippen LogP contribution in [0, 0.1) is 6.92 Å². The third-order valence-corrected chi connectivity index (χ3v) is 4.44. The molecule has 5 nitrogen and oxygen atoms in total. The molecule has 0 radical (unpaired) electrons. The molecule has 1 aromatic heterocycles. The maximum atomic E-state index is 12.1. The number of piperidine rings is 1. The molecule has 1 aromatic carbocycles. The van der Waals surface area contributed by atoms with E-state index in [9.17, 15) is 4.79 Å². The summed E-state index contributed by atoms with van der Waals surface area (Å²) >= 11 is 1.40. The number of anilines is 3. The van der Waals surface area contributed by atoms with Crippen LogP contribution in [0.1, 0.15) is 24.8 Å². The number of hydrogen-bond acceptors (Lipinski definition) is 4. The number of aryl methyl sites for hydroxylation is 1. The second-order valence-corrected chi connectivity index (χ2v) is 6.38. The van der Waals surface area contributed by atoms with Gasteiger partial charge in [-0.15, -0.1) is 11.3 Å². The first-order valence-corrected chi connectivity index (χ1v) is 8.43. The fourth-order valence-electron chi connectivity index (χ4n) is 2.68. The van der Waals surface area contributed by atoms with Crippen LogP contribution in [0.15, 0.2) is 29.8 Å². The Kier molecular flexibility index (Phi) is 4.58. The molecule has 6 heteroatoms. The van der Waals surface area contributed by atoms with Crippen molar-refractivity contribution in [1.82, 2.24) is 4.98 Å². The monoisotopic (exact) mass is 316 g/mol. The minimum atomic E-state index is -0.253. The number of amides is 2. The number of thiazole rings is 1. The molecule has 22 heavy (non-hydrogen) atoms. The lowest BCUT2D eigenvalue weighted by Gasteiger charge is -2.30. The predicted molar refractivity (Wildman–Crippen MR) is 92.0 cm³/mol. The topological polar surface area (TPSA) is 57.3 Å². The number of carbonyl (C=O) groups is 1. The van der Waals surface area contributed by atoms with Crippen LogP contribution in [0.25, 0.3) is 0 Å².